The van der Waals surface area contributed by atoms with E-state index in [1.807, 2.05) is 6.07 Å². The molecule has 0 radical (unpaired) electrons. The Bertz CT molecular complexity index is 590. The van der Waals surface area contributed by atoms with Crippen molar-refractivity contribution in [1.29, 1.82) is 0 Å². The van der Waals surface area contributed by atoms with Gasteiger partial charge in [-0.05, 0) is 71.1 Å². The molecular formula is C20H31NO. The Morgan fingerprint density at radius 3 is 2.50 bits per heavy atom. The molecule has 2 nitrogen and oxygen atoms in total. The van der Waals surface area contributed by atoms with Gasteiger partial charge in [0, 0.05) is 6.04 Å². The maximum Gasteiger partial charge on any atom is 0.119 e. The highest BCUT2D eigenvalue weighted by molar-refractivity contribution is 5.51. The molecule has 2 heteroatoms. The quantitative estimate of drug-likeness (QED) is 0.803. The van der Waals surface area contributed by atoms with Gasteiger partial charge in [-0.3, -0.25) is 0 Å². The lowest BCUT2D eigenvalue weighted by Crippen LogP contribution is -2.56. The molecule has 1 fully saturated rings. The van der Waals surface area contributed by atoms with Crippen LogP contribution in [0.2, 0.25) is 0 Å². The van der Waals surface area contributed by atoms with E-state index < -0.39 is 0 Å². The molecule has 2 aliphatic rings. The van der Waals surface area contributed by atoms with Crippen LogP contribution in [0.5, 0.6) is 5.75 Å². The van der Waals surface area contributed by atoms with Crippen LogP contribution in [0.3, 0.4) is 0 Å². The number of rotatable bonds is 1. The van der Waals surface area contributed by atoms with E-state index >= 15 is 0 Å². The molecule has 0 bridgehead atoms. The second-order valence-corrected chi connectivity index (χ2v) is 8.65. The summed E-state index contributed by atoms with van der Waals surface area (Å²) in [6.45, 7) is 11.5. The van der Waals surface area contributed by atoms with Crippen LogP contribution in [0.1, 0.15) is 76.5 Å². The molecule has 3 atom stereocenters. The van der Waals surface area contributed by atoms with Crippen molar-refractivity contribution in [2.75, 3.05) is 0 Å². The van der Waals surface area contributed by atoms with E-state index in [-0.39, 0.29) is 10.8 Å². The topological polar surface area (TPSA) is 46.2 Å². The van der Waals surface area contributed by atoms with Gasteiger partial charge in [0.1, 0.15) is 5.75 Å². The van der Waals surface area contributed by atoms with Crippen LogP contribution in [0, 0.1) is 11.3 Å². The zero-order valence-electron chi connectivity index (χ0n) is 14.7. The van der Waals surface area contributed by atoms with Crippen molar-refractivity contribution in [3.63, 3.8) is 0 Å². The van der Waals surface area contributed by atoms with Crippen LogP contribution in [-0.4, -0.2) is 11.1 Å². The van der Waals surface area contributed by atoms with Gasteiger partial charge in [0.15, 0.2) is 0 Å². The molecule has 0 heterocycles. The molecule has 0 amide bonds. The third-order valence-electron chi connectivity index (χ3n) is 6.81. The molecule has 1 aromatic rings. The van der Waals surface area contributed by atoms with E-state index in [1.54, 1.807) is 0 Å². The average molecular weight is 301 g/mol. The SMILES string of the molecule is CC(C)c1c(O)ccc2c1CC[C@H]1C(C)(C)C(N)CC[C@]21C. The highest BCUT2D eigenvalue weighted by Crippen LogP contribution is 2.57. The number of hydrogen-bond donors (Lipinski definition) is 2. The molecule has 0 aliphatic heterocycles. The first-order valence-electron chi connectivity index (χ1n) is 8.80. The molecule has 1 aromatic carbocycles. The first-order chi connectivity index (χ1) is 10.2. The summed E-state index contributed by atoms with van der Waals surface area (Å²) in [4.78, 5) is 0. The molecule has 0 saturated heterocycles. The van der Waals surface area contributed by atoms with Crippen molar-refractivity contribution in [3.05, 3.63) is 28.8 Å². The highest BCUT2D eigenvalue weighted by Gasteiger charge is 2.53. The number of phenols is 1. The summed E-state index contributed by atoms with van der Waals surface area (Å²) in [5.41, 5.74) is 10.9. The van der Waals surface area contributed by atoms with Crippen LogP contribution >= 0.6 is 0 Å². The third kappa shape index (κ3) is 2.03. The fourth-order valence-corrected chi connectivity index (χ4v) is 5.48. The maximum atomic E-state index is 10.3. The number of phenolic OH excluding ortho intramolecular Hbond substituents is 1. The average Bonchev–Trinajstić information content (AvgIpc) is 2.42. The van der Waals surface area contributed by atoms with Gasteiger partial charge in [-0.15, -0.1) is 0 Å². The van der Waals surface area contributed by atoms with E-state index in [9.17, 15) is 5.11 Å². The minimum absolute atomic E-state index is 0.181. The van der Waals surface area contributed by atoms with Crippen LogP contribution in [0.4, 0.5) is 0 Å². The molecule has 0 aromatic heterocycles. The van der Waals surface area contributed by atoms with E-state index in [2.05, 4.69) is 40.7 Å². The first-order valence-corrected chi connectivity index (χ1v) is 8.80. The summed E-state index contributed by atoms with van der Waals surface area (Å²) in [7, 11) is 0. The van der Waals surface area contributed by atoms with Gasteiger partial charge < -0.3 is 10.8 Å². The second kappa shape index (κ2) is 4.99. The Labute approximate surface area is 135 Å². The number of nitrogens with two attached hydrogens (primary N) is 1. The summed E-state index contributed by atoms with van der Waals surface area (Å²) in [6, 6.07) is 4.41. The van der Waals surface area contributed by atoms with Gasteiger partial charge in [-0.2, -0.15) is 0 Å². The van der Waals surface area contributed by atoms with Gasteiger partial charge in [0.05, 0.1) is 0 Å². The van der Waals surface area contributed by atoms with Crippen molar-refractivity contribution < 1.29 is 5.11 Å². The number of hydrogen-bond acceptors (Lipinski definition) is 2. The van der Waals surface area contributed by atoms with Gasteiger partial charge in [-0.1, -0.05) is 40.7 Å². The lowest BCUT2D eigenvalue weighted by atomic mass is 9.48. The lowest BCUT2D eigenvalue weighted by Gasteiger charge is -2.57. The summed E-state index contributed by atoms with van der Waals surface area (Å²) in [5, 5.41) is 10.3. The molecule has 3 rings (SSSR count). The van der Waals surface area contributed by atoms with Gasteiger partial charge in [0.25, 0.3) is 0 Å². The van der Waals surface area contributed by atoms with Crippen molar-refractivity contribution in [3.8, 4) is 5.75 Å². The highest BCUT2D eigenvalue weighted by atomic mass is 16.3. The Hall–Kier alpha value is -1.02. The predicted molar refractivity (Wildman–Crippen MR) is 92.3 cm³/mol. The maximum absolute atomic E-state index is 10.3. The molecule has 1 unspecified atom stereocenters. The minimum Gasteiger partial charge on any atom is -0.508 e. The number of fused-ring (bicyclic) bond motifs is 3. The Kier molecular flexibility index (Phi) is 3.60. The summed E-state index contributed by atoms with van der Waals surface area (Å²) in [5.74, 6) is 1.47. The van der Waals surface area contributed by atoms with Gasteiger partial charge in [0.2, 0.25) is 0 Å². The zero-order valence-corrected chi connectivity index (χ0v) is 14.7. The van der Waals surface area contributed by atoms with E-state index in [4.69, 9.17) is 5.73 Å². The van der Waals surface area contributed by atoms with Crippen molar-refractivity contribution in [2.24, 2.45) is 17.1 Å². The first kappa shape index (κ1) is 15.9. The smallest absolute Gasteiger partial charge is 0.119 e. The van der Waals surface area contributed by atoms with Gasteiger partial charge >= 0.3 is 0 Å². The second-order valence-electron chi connectivity index (χ2n) is 8.65. The third-order valence-corrected chi connectivity index (χ3v) is 6.81. The monoisotopic (exact) mass is 301 g/mol. The van der Waals surface area contributed by atoms with Crippen molar-refractivity contribution in [2.45, 2.75) is 77.7 Å². The standard InChI is InChI=1S/C20H31NO/c1-12(2)18-13-6-9-16-19(3,4)17(21)10-11-20(16,5)14(13)7-8-15(18)22/h7-8,12,16-17,22H,6,9-11,21H2,1-5H3/t16-,17?,20+/m0/s1. The van der Waals surface area contributed by atoms with Gasteiger partial charge in [-0.25, -0.2) is 0 Å². The fraction of sp³-hybridized carbons (Fsp3) is 0.700. The van der Waals surface area contributed by atoms with Crippen LogP contribution in [0.25, 0.3) is 0 Å². The molecule has 3 N–H and O–H groups in total. The zero-order chi connectivity index (χ0) is 16.3. The van der Waals surface area contributed by atoms with Crippen molar-refractivity contribution in [1.82, 2.24) is 0 Å². The van der Waals surface area contributed by atoms with Crippen LogP contribution < -0.4 is 5.73 Å². The summed E-state index contributed by atoms with van der Waals surface area (Å²) < 4.78 is 0. The molecular weight excluding hydrogens is 270 g/mol. The summed E-state index contributed by atoms with van der Waals surface area (Å²) >= 11 is 0. The molecule has 2 aliphatic carbocycles. The Morgan fingerprint density at radius 1 is 1.18 bits per heavy atom. The van der Waals surface area contributed by atoms with Crippen LogP contribution in [-0.2, 0) is 11.8 Å². The van der Waals surface area contributed by atoms with Crippen LogP contribution in [0.15, 0.2) is 12.1 Å². The Balaban J connectivity index is 2.16. The largest absolute Gasteiger partial charge is 0.508 e. The normalized spacial score (nSPS) is 33.4. The lowest BCUT2D eigenvalue weighted by molar-refractivity contribution is 0.0215. The molecule has 0 spiro atoms. The Morgan fingerprint density at radius 2 is 1.86 bits per heavy atom. The van der Waals surface area contributed by atoms with Crippen molar-refractivity contribution >= 4 is 0 Å². The predicted octanol–water partition coefficient (Wildman–Crippen LogP) is 4.48. The van der Waals surface area contributed by atoms with E-state index in [0.29, 0.717) is 23.6 Å². The summed E-state index contributed by atoms with van der Waals surface area (Å²) in [6.07, 6.45) is 4.52. The molecule has 1 saturated carbocycles. The molecule has 22 heavy (non-hydrogen) atoms. The van der Waals surface area contributed by atoms with E-state index in [1.165, 1.54) is 23.1 Å². The molecule has 122 valence electrons. The van der Waals surface area contributed by atoms with E-state index in [0.717, 1.165) is 19.3 Å². The fourth-order valence-electron chi connectivity index (χ4n) is 5.48. The minimum atomic E-state index is 0.181. The number of aromatic hydroxyl groups is 1. The number of benzene rings is 1.